The highest BCUT2D eigenvalue weighted by atomic mass is 19.4. The molecule has 0 rings (SSSR count). The van der Waals surface area contributed by atoms with Crippen LogP contribution in [-0.2, 0) is 0 Å². The van der Waals surface area contributed by atoms with Gasteiger partial charge >= 0.3 is 6.18 Å². The molecular formula is C5H6F3NO. The number of nitrogens with zero attached hydrogens (tertiary/aromatic N) is 1. The fourth-order valence-corrected chi connectivity index (χ4v) is 0.365. The van der Waals surface area contributed by atoms with Crippen LogP contribution in [0.5, 0.6) is 0 Å². The monoisotopic (exact) mass is 153 g/mol. The highest BCUT2D eigenvalue weighted by Crippen LogP contribution is 2.22. The van der Waals surface area contributed by atoms with Crippen LogP contribution in [0.4, 0.5) is 13.2 Å². The number of hydrogen-bond donors (Lipinski definition) is 1. The number of rotatable bonds is 2. The SMILES string of the molecule is N#CCC[C@H](O)C(F)(F)F. The highest BCUT2D eigenvalue weighted by Gasteiger charge is 2.37. The Morgan fingerprint density at radius 3 is 2.30 bits per heavy atom. The first kappa shape index (κ1) is 9.24. The molecule has 0 aliphatic carbocycles. The van der Waals surface area contributed by atoms with Crippen LogP contribution >= 0.6 is 0 Å². The number of aliphatic hydroxyl groups is 1. The molecule has 0 saturated carbocycles. The summed E-state index contributed by atoms with van der Waals surface area (Å²) in [6.45, 7) is 0. The third kappa shape index (κ3) is 3.30. The first-order chi connectivity index (χ1) is 4.48. The minimum Gasteiger partial charge on any atom is -0.384 e. The summed E-state index contributed by atoms with van der Waals surface area (Å²) in [6.07, 6.45) is -7.76. The fourth-order valence-electron chi connectivity index (χ4n) is 0.365. The Hall–Kier alpha value is -0.760. The van der Waals surface area contributed by atoms with Crippen molar-refractivity contribution in [1.82, 2.24) is 0 Å². The maximum absolute atomic E-state index is 11.4. The average molecular weight is 153 g/mol. The van der Waals surface area contributed by atoms with Crippen molar-refractivity contribution in [1.29, 1.82) is 5.26 Å². The average Bonchev–Trinajstić information content (AvgIpc) is 1.80. The standard InChI is InChI=1S/C5H6F3NO/c6-5(7,8)4(10)2-1-3-9/h4,10H,1-2H2/t4-/m0/s1. The Labute approximate surface area is 55.9 Å². The van der Waals surface area contributed by atoms with Gasteiger partial charge in [0.25, 0.3) is 0 Å². The quantitative estimate of drug-likeness (QED) is 0.648. The zero-order chi connectivity index (χ0) is 8.20. The van der Waals surface area contributed by atoms with Crippen molar-refractivity contribution in [3.05, 3.63) is 0 Å². The second-order valence-electron chi connectivity index (χ2n) is 1.75. The van der Waals surface area contributed by atoms with Crippen LogP contribution in [0.3, 0.4) is 0 Å². The zero-order valence-electron chi connectivity index (χ0n) is 5.02. The molecule has 0 aliphatic heterocycles. The number of hydrogen-bond acceptors (Lipinski definition) is 2. The van der Waals surface area contributed by atoms with Gasteiger partial charge in [0.1, 0.15) is 0 Å². The second kappa shape index (κ2) is 3.42. The molecule has 0 aliphatic rings. The maximum atomic E-state index is 11.4. The van der Waals surface area contributed by atoms with E-state index < -0.39 is 18.7 Å². The maximum Gasteiger partial charge on any atom is 0.414 e. The topological polar surface area (TPSA) is 44.0 Å². The smallest absolute Gasteiger partial charge is 0.384 e. The van der Waals surface area contributed by atoms with E-state index in [1.165, 1.54) is 6.07 Å². The van der Waals surface area contributed by atoms with E-state index >= 15 is 0 Å². The van der Waals surface area contributed by atoms with Crippen LogP contribution in [-0.4, -0.2) is 17.4 Å². The van der Waals surface area contributed by atoms with Crippen LogP contribution in [0.2, 0.25) is 0 Å². The van der Waals surface area contributed by atoms with E-state index in [0.717, 1.165) is 0 Å². The predicted octanol–water partition coefficient (Wildman–Crippen LogP) is 1.21. The molecule has 0 unspecified atom stereocenters. The van der Waals surface area contributed by atoms with Gasteiger partial charge in [-0.1, -0.05) is 0 Å². The van der Waals surface area contributed by atoms with Crippen molar-refractivity contribution in [2.75, 3.05) is 0 Å². The molecule has 0 bridgehead atoms. The van der Waals surface area contributed by atoms with Gasteiger partial charge in [-0.2, -0.15) is 18.4 Å². The molecule has 0 heterocycles. The summed E-state index contributed by atoms with van der Waals surface area (Å²) in [5.41, 5.74) is 0. The Bertz CT molecular complexity index is 137. The molecular weight excluding hydrogens is 147 g/mol. The minimum atomic E-state index is -4.59. The van der Waals surface area contributed by atoms with Gasteiger partial charge in [-0.25, -0.2) is 0 Å². The molecule has 2 nitrogen and oxygen atoms in total. The number of aliphatic hydroxyl groups excluding tert-OH is 1. The lowest BCUT2D eigenvalue weighted by molar-refractivity contribution is -0.204. The largest absolute Gasteiger partial charge is 0.414 e. The molecule has 1 atom stereocenters. The van der Waals surface area contributed by atoms with E-state index in [2.05, 4.69) is 0 Å². The molecule has 5 heteroatoms. The van der Waals surface area contributed by atoms with Gasteiger partial charge in [0.15, 0.2) is 6.10 Å². The van der Waals surface area contributed by atoms with Crippen molar-refractivity contribution in [2.24, 2.45) is 0 Å². The highest BCUT2D eigenvalue weighted by molar-refractivity contribution is 4.74. The first-order valence-corrected chi connectivity index (χ1v) is 2.60. The van der Waals surface area contributed by atoms with Gasteiger partial charge in [-0.05, 0) is 6.42 Å². The second-order valence-corrected chi connectivity index (χ2v) is 1.75. The Balaban J connectivity index is 3.65. The summed E-state index contributed by atoms with van der Waals surface area (Å²) in [6, 6.07) is 1.51. The minimum absolute atomic E-state index is 0.277. The lowest BCUT2D eigenvalue weighted by Crippen LogP contribution is -2.27. The van der Waals surface area contributed by atoms with Crippen molar-refractivity contribution >= 4 is 0 Å². The van der Waals surface area contributed by atoms with Crippen molar-refractivity contribution < 1.29 is 18.3 Å². The molecule has 0 amide bonds. The van der Waals surface area contributed by atoms with Gasteiger partial charge in [-0.15, -0.1) is 0 Å². The van der Waals surface area contributed by atoms with E-state index in [1.807, 2.05) is 0 Å². The Morgan fingerprint density at radius 2 is 2.00 bits per heavy atom. The van der Waals surface area contributed by atoms with Gasteiger partial charge in [0.2, 0.25) is 0 Å². The Morgan fingerprint density at radius 1 is 1.50 bits per heavy atom. The summed E-state index contributed by atoms with van der Waals surface area (Å²) in [5, 5.41) is 16.1. The van der Waals surface area contributed by atoms with Crippen LogP contribution in [0.1, 0.15) is 12.8 Å². The summed E-state index contributed by atoms with van der Waals surface area (Å²) >= 11 is 0. The van der Waals surface area contributed by atoms with E-state index in [4.69, 9.17) is 10.4 Å². The molecule has 0 aromatic heterocycles. The van der Waals surface area contributed by atoms with Crippen molar-refractivity contribution in [3.8, 4) is 6.07 Å². The lowest BCUT2D eigenvalue weighted by Gasteiger charge is -2.11. The molecule has 10 heavy (non-hydrogen) atoms. The molecule has 0 aromatic carbocycles. The van der Waals surface area contributed by atoms with Crippen molar-refractivity contribution in [2.45, 2.75) is 25.1 Å². The van der Waals surface area contributed by atoms with E-state index in [9.17, 15) is 13.2 Å². The third-order valence-corrected chi connectivity index (χ3v) is 0.907. The molecule has 0 fully saturated rings. The zero-order valence-corrected chi connectivity index (χ0v) is 5.02. The van der Waals surface area contributed by atoms with E-state index in [0.29, 0.717) is 0 Å². The number of alkyl halides is 3. The van der Waals surface area contributed by atoms with Crippen LogP contribution < -0.4 is 0 Å². The van der Waals surface area contributed by atoms with Crippen molar-refractivity contribution in [3.63, 3.8) is 0 Å². The fraction of sp³-hybridized carbons (Fsp3) is 0.800. The lowest BCUT2D eigenvalue weighted by atomic mass is 10.2. The Kier molecular flexibility index (Phi) is 3.16. The molecule has 1 N–H and O–H groups in total. The van der Waals surface area contributed by atoms with Crippen LogP contribution in [0.15, 0.2) is 0 Å². The molecule has 0 aromatic rings. The molecule has 0 radical (unpaired) electrons. The normalized spacial score (nSPS) is 14.3. The summed E-state index contributed by atoms with van der Waals surface area (Å²) < 4.78 is 34.2. The summed E-state index contributed by atoms with van der Waals surface area (Å²) in [7, 11) is 0. The molecule has 0 spiro atoms. The van der Waals surface area contributed by atoms with E-state index in [-0.39, 0.29) is 6.42 Å². The number of halogens is 3. The number of nitriles is 1. The first-order valence-electron chi connectivity index (χ1n) is 2.60. The predicted molar refractivity (Wildman–Crippen MR) is 26.9 cm³/mol. The molecule has 0 saturated heterocycles. The summed E-state index contributed by atoms with van der Waals surface area (Å²) in [4.78, 5) is 0. The van der Waals surface area contributed by atoms with Crippen LogP contribution in [0, 0.1) is 11.3 Å². The summed E-state index contributed by atoms with van der Waals surface area (Å²) in [5.74, 6) is 0. The van der Waals surface area contributed by atoms with Gasteiger partial charge in [0.05, 0.1) is 6.07 Å². The van der Waals surface area contributed by atoms with Gasteiger partial charge < -0.3 is 5.11 Å². The third-order valence-electron chi connectivity index (χ3n) is 0.907. The van der Waals surface area contributed by atoms with Gasteiger partial charge in [0, 0.05) is 6.42 Å². The van der Waals surface area contributed by atoms with Crippen LogP contribution in [0.25, 0.3) is 0 Å². The molecule has 58 valence electrons. The van der Waals surface area contributed by atoms with Gasteiger partial charge in [-0.3, -0.25) is 0 Å². The van der Waals surface area contributed by atoms with E-state index in [1.54, 1.807) is 0 Å².